The van der Waals surface area contributed by atoms with Crippen molar-refractivity contribution in [3.05, 3.63) is 0 Å². The summed E-state index contributed by atoms with van der Waals surface area (Å²) in [6.07, 6.45) is 0.397. The Morgan fingerprint density at radius 2 is 1.27 bits per heavy atom. The van der Waals surface area contributed by atoms with E-state index in [9.17, 15) is 4.21 Å². The molecule has 4 nitrogen and oxygen atoms in total. The van der Waals surface area contributed by atoms with Gasteiger partial charge in [-0.05, 0) is 57.0 Å². The molecule has 0 radical (unpaired) electrons. The van der Waals surface area contributed by atoms with E-state index >= 15 is 0 Å². The van der Waals surface area contributed by atoms with Crippen molar-refractivity contribution in [3.8, 4) is 11.5 Å². The summed E-state index contributed by atoms with van der Waals surface area (Å²) in [4.78, 5) is 0. The third-order valence-electron chi connectivity index (χ3n) is 6.72. The van der Waals surface area contributed by atoms with Gasteiger partial charge in [-0.2, -0.15) is 0 Å². The highest BCUT2D eigenvalue weighted by Crippen LogP contribution is 2.39. The van der Waals surface area contributed by atoms with Crippen LogP contribution < -0.4 is 4.72 Å². The first-order valence-corrected chi connectivity index (χ1v) is 22.8. The number of rotatable bonds is 9. The first kappa shape index (κ1) is 33.2. The molecule has 0 amide bonds. The van der Waals surface area contributed by atoms with Gasteiger partial charge in [0.05, 0.1) is 34.5 Å². The second-order valence-electron chi connectivity index (χ2n) is 14.3. The smallest absolute Gasteiger partial charge is 0.192 e. The molecule has 0 fully saturated rings. The van der Waals surface area contributed by atoms with E-state index in [1.165, 1.54) is 0 Å². The Balaban J connectivity index is 6.23. The van der Waals surface area contributed by atoms with Crippen LogP contribution in [-0.4, -0.2) is 52.4 Å². The maximum Gasteiger partial charge on any atom is 0.192 e. The molecule has 1 N–H and O–H groups in total. The molecular weight excluding hydrogens is 479 g/mol. The highest BCUT2D eigenvalue weighted by molar-refractivity contribution is 7.84. The third kappa shape index (κ3) is 11.7. The summed E-state index contributed by atoms with van der Waals surface area (Å²) < 4.78 is 29.8. The third-order valence-corrected chi connectivity index (χ3v) is 18.3. The van der Waals surface area contributed by atoms with Gasteiger partial charge in [0.2, 0.25) is 0 Å². The van der Waals surface area contributed by atoms with Gasteiger partial charge in [0.15, 0.2) is 16.6 Å². The largest absolute Gasteiger partial charge is 0.414 e. The molecule has 0 saturated heterocycles. The predicted molar refractivity (Wildman–Crippen MR) is 156 cm³/mol. The molecule has 0 aliphatic rings. The number of hydrogen-bond donors (Lipinski definition) is 1. The lowest BCUT2D eigenvalue weighted by molar-refractivity contribution is 0.0836. The minimum absolute atomic E-state index is 0.0694. The van der Waals surface area contributed by atoms with Gasteiger partial charge < -0.3 is 8.85 Å². The van der Waals surface area contributed by atoms with E-state index < -0.39 is 35.7 Å². The SMILES string of the molecule is CC(C)(C)[S@](=O)N[C@@H](CC#C[Si](C)(C)C)[C@@H](CO[Si](C)(C)C(C)(C)C)O[Si](C)(C)C(C)(C)C. The Bertz CT molecular complexity index is 715. The molecule has 0 spiro atoms. The molecule has 3 atom stereocenters. The molecule has 0 heterocycles. The number of hydrogen-bond acceptors (Lipinski definition) is 3. The first-order valence-electron chi connectivity index (χ1n) is 12.3. The van der Waals surface area contributed by atoms with E-state index in [0.29, 0.717) is 13.0 Å². The van der Waals surface area contributed by atoms with Crippen LogP contribution in [0.5, 0.6) is 0 Å². The summed E-state index contributed by atoms with van der Waals surface area (Å²) in [6, 6.07) is -0.159. The van der Waals surface area contributed by atoms with E-state index in [1.807, 2.05) is 20.8 Å². The van der Waals surface area contributed by atoms with E-state index in [4.69, 9.17) is 8.85 Å². The second-order valence-corrected chi connectivity index (χ2v) is 30.7. The minimum Gasteiger partial charge on any atom is -0.414 e. The fraction of sp³-hybridized carbons (Fsp3) is 0.920. The lowest BCUT2D eigenvalue weighted by atomic mass is 10.1. The zero-order valence-electron chi connectivity index (χ0n) is 24.7. The van der Waals surface area contributed by atoms with Crippen LogP contribution in [0.3, 0.4) is 0 Å². The van der Waals surface area contributed by atoms with Gasteiger partial charge in [0.1, 0.15) is 8.07 Å². The zero-order chi connectivity index (χ0) is 26.7. The molecule has 196 valence electrons. The van der Waals surface area contributed by atoms with Crippen LogP contribution in [0.1, 0.15) is 68.7 Å². The summed E-state index contributed by atoms with van der Waals surface area (Å²) in [5.74, 6) is 3.42. The molecule has 0 aliphatic heterocycles. The monoisotopic (exact) mass is 533 g/mol. The van der Waals surface area contributed by atoms with Crippen LogP contribution in [-0.2, 0) is 19.8 Å². The van der Waals surface area contributed by atoms with Crippen LogP contribution in [0.25, 0.3) is 0 Å². The molecule has 0 aromatic carbocycles. The Labute approximate surface area is 212 Å². The fourth-order valence-electron chi connectivity index (χ4n) is 2.28. The Hall–Kier alpha value is 0.241. The molecule has 0 saturated carbocycles. The van der Waals surface area contributed by atoms with Crippen LogP contribution in [0.15, 0.2) is 0 Å². The van der Waals surface area contributed by atoms with Crippen molar-refractivity contribution in [2.24, 2.45) is 0 Å². The van der Waals surface area contributed by atoms with Gasteiger partial charge in [-0.25, -0.2) is 8.93 Å². The quantitative estimate of drug-likeness (QED) is 0.254. The lowest BCUT2D eigenvalue weighted by Gasteiger charge is -2.43. The lowest BCUT2D eigenvalue weighted by Crippen LogP contribution is -2.55. The molecule has 0 aliphatic carbocycles. The summed E-state index contributed by atoms with van der Waals surface area (Å²) in [5.41, 5.74) is 3.48. The normalized spacial score (nSPS) is 17.2. The summed E-state index contributed by atoms with van der Waals surface area (Å²) >= 11 is 0. The van der Waals surface area contributed by atoms with E-state index in [1.54, 1.807) is 0 Å². The number of nitrogens with one attached hydrogen (secondary N) is 1. The Kier molecular flexibility index (Phi) is 11.6. The maximum absolute atomic E-state index is 13.1. The average Bonchev–Trinajstić information content (AvgIpc) is 2.53. The topological polar surface area (TPSA) is 47.6 Å². The van der Waals surface area contributed by atoms with Crippen LogP contribution in [0.4, 0.5) is 0 Å². The molecule has 0 aromatic heterocycles. The molecule has 0 aromatic rings. The van der Waals surface area contributed by atoms with Crippen molar-refractivity contribution in [2.45, 2.75) is 142 Å². The van der Waals surface area contributed by atoms with E-state index in [-0.39, 0.29) is 27.0 Å². The highest BCUT2D eigenvalue weighted by Gasteiger charge is 2.43. The summed E-state index contributed by atoms with van der Waals surface area (Å²) in [5, 5.41) is 0.184. The molecule has 0 unspecified atom stereocenters. The molecular formula is C25H55NO3SSi3. The van der Waals surface area contributed by atoms with Gasteiger partial charge in [-0.15, -0.1) is 11.5 Å². The second kappa shape index (κ2) is 11.5. The molecule has 0 rings (SSSR count). The van der Waals surface area contributed by atoms with Gasteiger partial charge in [0, 0.05) is 6.42 Å². The van der Waals surface area contributed by atoms with Crippen LogP contribution >= 0.6 is 0 Å². The molecule has 8 heteroatoms. The standard InChI is InChI=1S/C25H55NO3SSi3/c1-23(2,3)30(27)26-21(18-17-19-31(10,11)12)22(29-33(15,16)25(7,8)9)20-28-32(13,14)24(4,5)6/h21-22,26H,18,20H2,1-16H3/t21-,22+,30-/m0/s1. The summed E-state index contributed by atoms with van der Waals surface area (Å²) in [6.45, 7) is 35.9. The Morgan fingerprint density at radius 3 is 1.64 bits per heavy atom. The predicted octanol–water partition coefficient (Wildman–Crippen LogP) is 7.09. The van der Waals surface area contributed by atoms with Gasteiger partial charge in [0.25, 0.3) is 0 Å². The zero-order valence-corrected chi connectivity index (χ0v) is 28.5. The van der Waals surface area contributed by atoms with Gasteiger partial charge in [-0.1, -0.05) is 61.2 Å². The van der Waals surface area contributed by atoms with E-state index in [2.05, 4.69) is 104 Å². The van der Waals surface area contributed by atoms with Gasteiger partial charge in [-0.3, -0.25) is 0 Å². The maximum atomic E-state index is 13.1. The minimum atomic E-state index is -2.09. The average molecular weight is 534 g/mol. The van der Waals surface area contributed by atoms with E-state index in [0.717, 1.165) is 0 Å². The van der Waals surface area contributed by atoms with Crippen molar-refractivity contribution in [1.82, 2.24) is 4.72 Å². The van der Waals surface area contributed by atoms with Crippen molar-refractivity contribution < 1.29 is 13.1 Å². The highest BCUT2D eigenvalue weighted by atomic mass is 32.2. The van der Waals surface area contributed by atoms with Crippen molar-refractivity contribution in [2.75, 3.05) is 6.61 Å². The van der Waals surface area contributed by atoms with Crippen molar-refractivity contribution >= 4 is 35.7 Å². The van der Waals surface area contributed by atoms with Crippen LogP contribution in [0, 0.1) is 11.5 Å². The Morgan fingerprint density at radius 1 is 0.818 bits per heavy atom. The first-order chi connectivity index (χ1) is 14.3. The fourth-order valence-corrected chi connectivity index (χ4v) is 6.14. The van der Waals surface area contributed by atoms with Gasteiger partial charge >= 0.3 is 0 Å². The molecule has 0 bridgehead atoms. The van der Waals surface area contributed by atoms with Crippen LogP contribution in [0.2, 0.25) is 55.9 Å². The van der Waals surface area contributed by atoms with Crippen molar-refractivity contribution in [1.29, 1.82) is 0 Å². The summed E-state index contributed by atoms with van der Waals surface area (Å²) in [7, 11) is -6.78. The molecule has 33 heavy (non-hydrogen) atoms. The van der Waals surface area contributed by atoms with Crippen molar-refractivity contribution in [3.63, 3.8) is 0 Å².